The molecule has 0 aliphatic carbocycles. The first-order valence-electron chi connectivity index (χ1n) is 8.23. The van der Waals surface area contributed by atoms with E-state index in [1.807, 2.05) is 0 Å². The number of phenols is 1. The summed E-state index contributed by atoms with van der Waals surface area (Å²) in [6.45, 7) is 1.79. The van der Waals surface area contributed by atoms with Gasteiger partial charge in [-0.25, -0.2) is 0 Å². The number of phenolic OH excluding ortho intramolecular Hbond substituents is 1. The molecule has 0 spiro atoms. The maximum Gasteiger partial charge on any atom is 0.416 e. The Morgan fingerprint density at radius 2 is 1.75 bits per heavy atom. The van der Waals surface area contributed by atoms with Gasteiger partial charge in [0.15, 0.2) is 0 Å². The SMILES string of the molecule is Cc1ccccc1-c1cc(NC(=O)c2cc(Cl)ccc2O)cc(C(F)(F)F)c1. The highest BCUT2D eigenvalue weighted by atomic mass is 35.5. The molecule has 0 saturated carbocycles. The lowest BCUT2D eigenvalue weighted by Gasteiger charge is -2.15. The molecule has 7 heteroatoms. The fourth-order valence-electron chi connectivity index (χ4n) is 2.80. The van der Waals surface area contributed by atoms with E-state index in [2.05, 4.69) is 5.32 Å². The summed E-state index contributed by atoms with van der Waals surface area (Å²) in [5, 5.41) is 12.5. The monoisotopic (exact) mass is 405 g/mol. The fraction of sp³-hybridized carbons (Fsp3) is 0.0952. The first kappa shape index (κ1) is 19.8. The molecule has 2 N–H and O–H groups in total. The van der Waals surface area contributed by atoms with Crippen molar-refractivity contribution in [3.63, 3.8) is 0 Å². The average Bonchev–Trinajstić information content (AvgIpc) is 2.63. The lowest BCUT2D eigenvalue weighted by atomic mass is 9.98. The van der Waals surface area contributed by atoms with Crippen LogP contribution in [0.1, 0.15) is 21.5 Å². The predicted molar refractivity (Wildman–Crippen MR) is 103 cm³/mol. The van der Waals surface area contributed by atoms with E-state index < -0.39 is 17.6 Å². The molecule has 28 heavy (non-hydrogen) atoms. The van der Waals surface area contributed by atoms with Gasteiger partial charge in [0.05, 0.1) is 11.1 Å². The number of alkyl halides is 3. The molecule has 0 saturated heterocycles. The maximum absolute atomic E-state index is 13.4. The maximum atomic E-state index is 13.4. The van der Waals surface area contributed by atoms with Gasteiger partial charge in [0, 0.05) is 10.7 Å². The molecule has 0 heterocycles. The van der Waals surface area contributed by atoms with Gasteiger partial charge < -0.3 is 10.4 Å². The van der Waals surface area contributed by atoms with Crippen LogP contribution in [0.25, 0.3) is 11.1 Å². The van der Waals surface area contributed by atoms with Crippen LogP contribution in [0, 0.1) is 6.92 Å². The van der Waals surface area contributed by atoms with Crippen molar-refractivity contribution < 1.29 is 23.1 Å². The standard InChI is InChI=1S/C21H15ClF3NO2/c1-12-4-2-3-5-17(12)13-8-14(21(23,24)25)10-16(9-13)26-20(28)18-11-15(22)6-7-19(18)27/h2-11,27H,1H3,(H,26,28). The van der Waals surface area contributed by atoms with Gasteiger partial charge in [0.2, 0.25) is 0 Å². The van der Waals surface area contributed by atoms with Gasteiger partial charge in [-0.3, -0.25) is 4.79 Å². The van der Waals surface area contributed by atoms with Crippen molar-refractivity contribution >= 4 is 23.2 Å². The highest BCUT2D eigenvalue weighted by Crippen LogP contribution is 2.36. The molecule has 1 amide bonds. The molecule has 3 aromatic rings. The van der Waals surface area contributed by atoms with E-state index in [9.17, 15) is 23.1 Å². The van der Waals surface area contributed by atoms with Crippen LogP contribution < -0.4 is 5.32 Å². The van der Waals surface area contributed by atoms with E-state index in [-0.39, 0.29) is 22.0 Å². The Balaban J connectivity index is 2.05. The zero-order valence-electron chi connectivity index (χ0n) is 14.6. The Hall–Kier alpha value is -2.99. The minimum atomic E-state index is -4.59. The van der Waals surface area contributed by atoms with Crippen LogP contribution >= 0.6 is 11.6 Å². The quantitative estimate of drug-likeness (QED) is 0.537. The van der Waals surface area contributed by atoms with Crippen LogP contribution in [-0.2, 0) is 6.18 Å². The third-order valence-electron chi connectivity index (χ3n) is 4.18. The Morgan fingerprint density at radius 1 is 1.04 bits per heavy atom. The molecule has 0 unspecified atom stereocenters. The van der Waals surface area contributed by atoms with Crippen molar-refractivity contribution in [2.45, 2.75) is 13.1 Å². The number of hydrogen-bond donors (Lipinski definition) is 2. The number of benzene rings is 3. The third-order valence-corrected chi connectivity index (χ3v) is 4.41. The zero-order valence-corrected chi connectivity index (χ0v) is 15.4. The molecular formula is C21H15ClF3NO2. The smallest absolute Gasteiger partial charge is 0.416 e. The van der Waals surface area contributed by atoms with E-state index in [0.717, 1.165) is 17.7 Å². The van der Waals surface area contributed by atoms with E-state index in [1.54, 1.807) is 31.2 Å². The molecule has 0 atom stereocenters. The summed E-state index contributed by atoms with van der Waals surface area (Å²) in [4.78, 5) is 12.5. The normalized spacial score (nSPS) is 11.3. The summed E-state index contributed by atoms with van der Waals surface area (Å²) in [6.07, 6.45) is -4.59. The fourth-order valence-corrected chi connectivity index (χ4v) is 2.98. The molecule has 0 radical (unpaired) electrons. The Kier molecular flexibility index (Phi) is 5.34. The number of aromatic hydroxyl groups is 1. The second-order valence-electron chi connectivity index (χ2n) is 6.23. The minimum Gasteiger partial charge on any atom is -0.507 e. The summed E-state index contributed by atoms with van der Waals surface area (Å²) in [5.41, 5.74) is 0.665. The van der Waals surface area contributed by atoms with Crippen LogP contribution in [0.4, 0.5) is 18.9 Å². The number of amides is 1. The molecule has 0 bridgehead atoms. The lowest BCUT2D eigenvalue weighted by molar-refractivity contribution is -0.137. The first-order valence-corrected chi connectivity index (χ1v) is 8.61. The van der Waals surface area contributed by atoms with E-state index in [0.29, 0.717) is 11.1 Å². The minimum absolute atomic E-state index is 0.0440. The van der Waals surface area contributed by atoms with Crippen LogP contribution in [0.2, 0.25) is 5.02 Å². The summed E-state index contributed by atoms with van der Waals surface area (Å²) >= 11 is 5.83. The van der Waals surface area contributed by atoms with Crippen LogP contribution in [0.5, 0.6) is 5.75 Å². The number of halogens is 4. The van der Waals surface area contributed by atoms with E-state index in [1.165, 1.54) is 24.3 Å². The Labute approximate surface area is 164 Å². The van der Waals surface area contributed by atoms with Crippen molar-refractivity contribution in [1.82, 2.24) is 0 Å². The Bertz CT molecular complexity index is 1050. The summed E-state index contributed by atoms with van der Waals surface area (Å²) in [7, 11) is 0. The largest absolute Gasteiger partial charge is 0.507 e. The number of aryl methyl sites for hydroxylation is 1. The molecule has 0 aliphatic rings. The molecule has 3 rings (SSSR count). The van der Waals surface area contributed by atoms with E-state index >= 15 is 0 Å². The number of nitrogens with one attached hydrogen (secondary N) is 1. The molecule has 3 aromatic carbocycles. The van der Waals surface area contributed by atoms with Crippen molar-refractivity contribution in [2.24, 2.45) is 0 Å². The highest BCUT2D eigenvalue weighted by Gasteiger charge is 2.31. The summed E-state index contributed by atoms with van der Waals surface area (Å²) in [5.74, 6) is -1.09. The highest BCUT2D eigenvalue weighted by molar-refractivity contribution is 6.31. The number of hydrogen-bond acceptors (Lipinski definition) is 2. The van der Waals surface area contributed by atoms with Crippen molar-refractivity contribution in [2.75, 3.05) is 5.32 Å². The molecule has 0 aromatic heterocycles. The van der Waals surface area contributed by atoms with Crippen molar-refractivity contribution in [3.05, 3.63) is 82.4 Å². The second kappa shape index (κ2) is 7.56. The van der Waals surface area contributed by atoms with Gasteiger partial charge >= 0.3 is 6.18 Å². The van der Waals surface area contributed by atoms with Gasteiger partial charge in [-0.2, -0.15) is 13.2 Å². The van der Waals surface area contributed by atoms with Gasteiger partial charge in [-0.15, -0.1) is 0 Å². The molecular weight excluding hydrogens is 391 g/mol. The van der Waals surface area contributed by atoms with Crippen molar-refractivity contribution in [3.8, 4) is 16.9 Å². The van der Waals surface area contributed by atoms with Gasteiger partial charge in [-0.05, 0) is 60.0 Å². The van der Waals surface area contributed by atoms with Gasteiger partial charge in [0.1, 0.15) is 5.75 Å². The van der Waals surface area contributed by atoms with Crippen LogP contribution in [0.3, 0.4) is 0 Å². The number of rotatable bonds is 3. The van der Waals surface area contributed by atoms with Crippen molar-refractivity contribution in [1.29, 1.82) is 0 Å². The number of carbonyl (C=O) groups is 1. The molecule has 0 aliphatic heterocycles. The predicted octanol–water partition coefficient (Wildman–Crippen LogP) is 6.29. The Morgan fingerprint density at radius 3 is 2.43 bits per heavy atom. The lowest BCUT2D eigenvalue weighted by Crippen LogP contribution is -2.14. The number of anilines is 1. The third kappa shape index (κ3) is 4.28. The zero-order chi connectivity index (χ0) is 20.5. The van der Waals surface area contributed by atoms with Gasteiger partial charge in [0.25, 0.3) is 5.91 Å². The summed E-state index contributed by atoms with van der Waals surface area (Å²) < 4.78 is 40.1. The molecule has 0 fully saturated rings. The molecule has 3 nitrogen and oxygen atoms in total. The second-order valence-corrected chi connectivity index (χ2v) is 6.66. The summed E-state index contributed by atoms with van der Waals surface area (Å²) in [6, 6.07) is 14.2. The average molecular weight is 406 g/mol. The molecule has 144 valence electrons. The van der Waals surface area contributed by atoms with E-state index in [4.69, 9.17) is 11.6 Å². The van der Waals surface area contributed by atoms with Gasteiger partial charge in [-0.1, -0.05) is 35.9 Å². The van der Waals surface area contributed by atoms with Crippen LogP contribution in [0.15, 0.2) is 60.7 Å². The topological polar surface area (TPSA) is 49.3 Å². The first-order chi connectivity index (χ1) is 13.1. The number of carbonyl (C=O) groups excluding carboxylic acids is 1. The van der Waals surface area contributed by atoms with Crippen LogP contribution in [-0.4, -0.2) is 11.0 Å².